The summed E-state index contributed by atoms with van der Waals surface area (Å²) in [5.41, 5.74) is 0. The Kier molecular flexibility index (Phi) is 5.96. The first-order valence-electron chi connectivity index (χ1n) is 6.20. The van der Waals surface area contributed by atoms with E-state index < -0.39 is 0 Å². The van der Waals surface area contributed by atoms with Gasteiger partial charge in [0, 0.05) is 12.6 Å². The highest BCUT2D eigenvalue weighted by molar-refractivity contribution is 4.77. The van der Waals surface area contributed by atoms with Crippen molar-refractivity contribution in [2.24, 2.45) is 5.92 Å². The second-order valence-corrected chi connectivity index (χ2v) is 4.67. The van der Waals surface area contributed by atoms with Gasteiger partial charge in [0.15, 0.2) is 0 Å². The van der Waals surface area contributed by atoms with Crippen molar-refractivity contribution in [2.45, 2.75) is 51.7 Å². The maximum absolute atomic E-state index is 5.59. The predicted molar refractivity (Wildman–Crippen MR) is 65.0 cm³/mol. The van der Waals surface area contributed by atoms with Crippen molar-refractivity contribution in [3.8, 4) is 0 Å². The van der Waals surface area contributed by atoms with Gasteiger partial charge >= 0.3 is 0 Å². The van der Waals surface area contributed by atoms with E-state index in [2.05, 4.69) is 25.7 Å². The van der Waals surface area contributed by atoms with Crippen molar-refractivity contribution in [1.82, 2.24) is 5.32 Å². The summed E-state index contributed by atoms with van der Waals surface area (Å²) in [5.74, 6) is 0.673. The molecule has 0 saturated carbocycles. The lowest BCUT2D eigenvalue weighted by molar-refractivity contribution is 0.103. The minimum atomic E-state index is 0.513. The van der Waals surface area contributed by atoms with E-state index in [9.17, 15) is 0 Å². The topological polar surface area (TPSA) is 21.3 Å². The fourth-order valence-electron chi connectivity index (χ4n) is 2.01. The van der Waals surface area contributed by atoms with Gasteiger partial charge in [0.25, 0.3) is 0 Å². The summed E-state index contributed by atoms with van der Waals surface area (Å²) in [5, 5.41) is 3.57. The highest BCUT2D eigenvalue weighted by Crippen LogP contribution is 2.15. The fourth-order valence-corrected chi connectivity index (χ4v) is 2.01. The summed E-state index contributed by atoms with van der Waals surface area (Å²) >= 11 is 0. The Morgan fingerprint density at radius 1 is 1.53 bits per heavy atom. The van der Waals surface area contributed by atoms with Crippen LogP contribution in [0, 0.1) is 5.92 Å². The number of nitrogens with one attached hydrogen (secondary N) is 1. The van der Waals surface area contributed by atoms with E-state index >= 15 is 0 Å². The van der Waals surface area contributed by atoms with E-state index in [1.165, 1.54) is 12.8 Å². The summed E-state index contributed by atoms with van der Waals surface area (Å²) in [6.45, 7) is 10.3. The molecule has 1 N–H and O–H groups in total. The van der Waals surface area contributed by atoms with Crippen LogP contribution in [0.1, 0.15) is 39.5 Å². The van der Waals surface area contributed by atoms with Gasteiger partial charge in [-0.2, -0.15) is 0 Å². The minimum absolute atomic E-state index is 0.513. The lowest BCUT2D eigenvalue weighted by atomic mass is 10.00. The maximum atomic E-state index is 5.59. The van der Waals surface area contributed by atoms with E-state index in [1.54, 1.807) is 0 Å². The standard InChI is InChI=1S/C13H25NO/c1-4-6-11(2)12(3)14-9-8-13-7-5-10-15-13/h4,11-14H,1,5-10H2,2-3H3. The monoisotopic (exact) mass is 211 g/mol. The van der Waals surface area contributed by atoms with Gasteiger partial charge in [-0.15, -0.1) is 6.58 Å². The molecule has 88 valence electrons. The molecule has 1 aliphatic heterocycles. The number of allylic oxidation sites excluding steroid dienone is 1. The molecule has 3 atom stereocenters. The first kappa shape index (κ1) is 12.7. The molecular formula is C13H25NO. The van der Waals surface area contributed by atoms with Gasteiger partial charge in [-0.3, -0.25) is 0 Å². The summed E-state index contributed by atoms with van der Waals surface area (Å²) < 4.78 is 5.59. The molecule has 0 aromatic carbocycles. The van der Waals surface area contributed by atoms with Crippen molar-refractivity contribution in [1.29, 1.82) is 0 Å². The molecule has 0 aromatic heterocycles. The zero-order chi connectivity index (χ0) is 11.1. The highest BCUT2D eigenvalue weighted by atomic mass is 16.5. The Morgan fingerprint density at radius 2 is 2.33 bits per heavy atom. The van der Waals surface area contributed by atoms with Gasteiger partial charge in [-0.25, -0.2) is 0 Å². The second kappa shape index (κ2) is 7.02. The average Bonchev–Trinajstić information content (AvgIpc) is 2.71. The smallest absolute Gasteiger partial charge is 0.0588 e. The molecule has 15 heavy (non-hydrogen) atoms. The molecule has 0 amide bonds. The largest absolute Gasteiger partial charge is 0.378 e. The number of hydrogen-bond acceptors (Lipinski definition) is 2. The van der Waals surface area contributed by atoms with Crippen molar-refractivity contribution < 1.29 is 4.74 Å². The first-order valence-corrected chi connectivity index (χ1v) is 6.20. The molecule has 2 heteroatoms. The average molecular weight is 211 g/mol. The van der Waals surface area contributed by atoms with E-state index in [0.29, 0.717) is 18.1 Å². The highest BCUT2D eigenvalue weighted by Gasteiger charge is 2.16. The van der Waals surface area contributed by atoms with Gasteiger partial charge in [0.05, 0.1) is 6.10 Å². The summed E-state index contributed by atoms with van der Waals surface area (Å²) in [6, 6.07) is 0.574. The second-order valence-electron chi connectivity index (χ2n) is 4.67. The third-order valence-corrected chi connectivity index (χ3v) is 3.35. The van der Waals surface area contributed by atoms with Gasteiger partial charge < -0.3 is 10.1 Å². The van der Waals surface area contributed by atoms with E-state index in [0.717, 1.165) is 26.0 Å². The number of hydrogen-bond donors (Lipinski definition) is 1. The molecule has 3 unspecified atom stereocenters. The molecule has 0 aliphatic carbocycles. The normalized spacial score (nSPS) is 25.1. The van der Waals surface area contributed by atoms with Gasteiger partial charge in [-0.1, -0.05) is 13.0 Å². The maximum Gasteiger partial charge on any atom is 0.0588 e. The van der Waals surface area contributed by atoms with Crippen LogP contribution in [0.3, 0.4) is 0 Å². The zero-order valence-corrected chi connectivity index (χ0v) is 10.2. The molecule has 0 bridgehead atoms. The Hall–Kier alpha value is -0.340. The Labute approximate surface area is 94.1 Å². The van der Waals surface area contributed by atoms with Crippen molar-refractivity contribution >= 4 is 0 Å². The van der Waals surface area contributed by atoms with Crippen LogP contribution in [0.4, 0.5) is 0 Å². The minimum Gasteiger partial charge on any atom is -0.378 e. The Bertz CT molecular complexity index is 175. The molecular weight excluding hydrogens is 186 g/mol. The van der Waals surface area contributed by atoms with Gasteiger partial charge in [-0.05, 0) is 45.1 Å². The molecule has 1 fully saturated rings. The fraction of sp³-hybridized carbons (Fsp3) is 0.846. The predicted octanol–water partition coefficient (Wildman–Crippen LogP) is 2.75. The summed E-state index contributed by atoms with van der Waals surface area (Å²) in [4.78, 5) is 0. The van der Waals surface area contributed by atoms with E-state index in [1.807, 2.05) is 6.08 Å². The van der Waals surface area contributed by atoms with E-state index in [-0.39, 0.29) is 0 Å². The molecule has 0 aromatic rings. The van der Waals surface area contributed by atoms with Crippen LogP contribution in [-0.2, 0) is 4.74 Å². The molecule has 1 aliphatic rings. The molecule has 1 heterocycles. The molecule has 1 rings (SSSR count). The number of ether oxygens (including phenoxy) is 1. The van der Waals surface area contributed by atoms with Gasteiger partial charge in [0.2, 0.25) is 0 Å². The van der Waals surface area contributed by atoms with Crippen LogP contribution in [0.15, 0.2) is 12.7 Å². The van der Waals surface area contributed by atoms with E-state index in [4.69, 9.17) is 4.74 Å². The van der Waals surface area contributed by atoms with Crippen molar-refractivity contribution in [2.75, 3.05) is 13.2 Å². The molecule has 2 nitrogen and oxygen atoms in total. The lowest BCUT2D eigenvalue weighted by Crippen LogP contribution is -2.34. The quantitative estimate of drug-likeness (QED) is 0.654. The zero-order valence-electron chi connectivity index (χ0n) is 10.2. The van der Waals surface area contributed by atoms with Gasteiger partial charge in [0.1, 0.15) is 0 Å². The van der Waals surface area contributed by atoms with Crippen molar-refractivity contribution in [3.05, 3.63) is 12.7 Å². The third kappa shape index (κ3) is 4.80. The summed E-state index contributed by atoms with van der Waals surface area (Å²) in [6.07, 6.45) is 7.26. The molecule has 0 radical (unpaired) electrons. The Balaban J connectivity index is 2.05. The Morgan fingerprint density at radius 3 is 2.93 bits per heavy atom. The molecule has 0 spiro atoms. The van der Waals surface area contributed by atoms with Crippen LogP contribution < -0.4 is 5.32 Å². The van der Waals surface area contributed by atoms with Crippen LogP contribution in [-0.4, -0.2) is 25.3 Å². The molecule has 1 saturated heterocycles. The van der Waals surface area contributed by atoms with Crippen LogP contribution in [0.2, 0.25) is 0 Å². The van der Waals surface area contributed by atoms with Crippen LogP contribution >= 0.6 is 0 Å². The van der Waals surface area contributed by atoms with Crippen LogP contribution in [0.25, 0.3) is 0 Å². The first-order chi connectivity index (χ1) is 7.24. The third-order valence-electron chi connectivity index (χ3n) is 3.35. The number of rotatable bonds is 7. The van der Waals surface area contributed by atoms with Crippen molar-refractivity contribution in [3.63, 3.8) is 0 Å². The lowest BCUT2D eigenvalue weighted by Gasteiger charge is -2.21. The van der Waals surface area contributed by atoms with Crippen LogP contribution in [0.5, 0.6) is 0 Å². The SMILES string of the molecule is C=CCC(C)C(C)NCCC1CCCO1. The summed E-state index contributed by atoms with van der Waals surface area (Å²) in [7, 11) is 0.